The molecular weight excluding hydrogens is 190 g/mol. The molecule has 2 N–H and O–H groups in total. The maximum atomic E-state index is 5.96. The zero-order chi connectivity index (χ0) is 7.40. The minimum atomic E-state index is 0.460. The van der Waals surface area contributed by atoms with E-state index in [9.17, 15) is 0 Å². The van der Waals surface area contributed by atoms with E-state index in [4.69, 9.17) is 5.73 Å². The predicted octanol–water partition coefficient (Wildman–Crippen LogP) is 2.29. The Morgan fingerprint density at radius 2 is 1.90 bits per heavy atom. The number of alkyl halides is 1. The summed E-state index contributed by atoms with van der Waals surface area (Å²) in [6.07, 6.45) is 6.66. The van der Waals surface area contributed by atoms with Crippen LogP contribution >= 0.6 is 15.9 Å². The van der Waals surface area contributed by atoms with E-state index in [1.807, 2.05) is 0 Å². The number of hydrogen-bond donors (Lipinski definition) is 1. The standard InChI is InChI=1S/C8H16BrN/c9-6-7-4-2-1-3-5-8(7)10/h7-8H,1-6,10H2/t7-,8+/m0/s1. The normalized spacial score (nSPS) is 35.4. The van der Waals surface area contributed by atoms with E-state index in [0.717, 1.165) is 11.2 Å². The smallest absolute Gasteiger partial charge is 0.00751 e. The third-order valence-electron chi connectivity index (χ3n) is 2.42. The number of hydrogen-bond acceptors (Lipinski definition) is 1. The lowest BCUT2D eigenvalue weighted by Gasteiger charge is -2.17. The van der Waals surface area contributed by atoms with Crippen LogP contribution in [0.2, 0.25) is 0 Å². The van der Waals surface area contributed by atoms with E-state index in [2.05, 4.69) is 15.9 Å². The molecule has 1 saturated carbocycles. The molecule has 1 nitrogen and oxygen atoms in total. The lowest BCUT2D eigenvalue weighted by Crippen LogP contribution is -2.29. The van der Waals surface area contributed by atoms with Crippen molar-refractivity contribution >= 4 is 15.9 Å². The molecule has 0 amide bonds. The molecule has 0 heterocycles. The van der Waals surface area contributed by atoms with Crippen molar-refractivity contribution in [3.8, 4) is 0 Å². The molecule has 10 heavy (non-hydrogen) atoms. The zero-order valence-electron chi connectivity index (χ0n) is 6.35. The molecule has 0 bridgehead atoms. The van der Waals surface area contributed by atoms with Crippen molar-refractivity contribution in [3.05, 3.63) is 0 Å². The van der Waals surface area contributed by atoms with E-state index in [0.29, 0.717) is 6.04 Å². The molecule has 0 aromatic rings. The van der Waals surface area contributed by atoms with Gasteiger partial charge in [0, 0.05) is 11.4 Å². The van der Waals surface area contributed by atoms with Crippen LogP contribution in [0.5, 0.6) is 0 Å². The van der Waals surface area contributed by atoms with E-state index in [1.165, 1.54) is 32.1 Å². The summed E-state index contributed by atoms with van der Waals surface area (Å²) < 4.78 is 0. The minimum absolute atomic E-state index is 0.460. The van der Waals surface area contributed by atoms with E-state index < -0.39 is 0 Å². The fourth-order valence-corrected chi connectivity index (χ4v) is 2.41. The highest BCUT2D eigenvalue weighted by Crippen LogP contribution is 2.23. The predicted molar refractivity (Wildman–Crippen MR) is 48.3 cm³/mol. The van der Waals surface area contributed by atoms with Gasteiger partial charge in [0.2, 0.25) is 0 Å². The summed E-state index contributed by atoms with van der Waals surface area (Å²) >= 11 is 3.51. The summed E-state index contributed by atoms with van der Waals surface area (Å²) in [5, 5.41) is 1.09. The van der Waals surface area contributed by atoms with Gasteiger partial charge in [-0.2, -0.15) is 0 Å². The Morgan fingerprint density at radius 3 is 2.60 bits per heavy atom. The summed E-state index contributed by atoms with van der Waals surface area (Å²) in [7, 11) is 0. The third kappa shape index (κ3) is 2.24. The van der Waals surface area contributed by atoms with Crippen LogP contribution in [-0.2, 0) is 0 Å². The Labute approximate surface area is 71.5 Å². The summed E-state index contributed by atoms with van der Waals surface area (Å²) in [6.45, 7) is 0. The molecule has 2 heteroatoms. The summed E-state index contributed by atoms with van der Waals surface area (Å²) in [4.78, 5) is 0. The van der Waals surface area contributed by atoms with Gasteiger partial charge in [0.1, 0.15) is 0 Å². The fraction of sp³-hybridized carbons (Fsp3) is 1.00. The van der Waals surface area contributed by atoms with Crippen molar-refractivity contribution in [1.82, 2.24) is 0 Å². The first-order chi connectivity index (χ1) is 4.84. The average molecular weight is 206 g/mol. The van der Waals surface area contributed by atoms with Gasteiger partial charge in [-0.25, -0.2) is 0 Å². The van der Waals surface area contributed by atoms with Crippen molar-refractivity contribution in [2.75, 3.05) is 5.33 Å². The molecule has 1 rings (SSSR count). The number of halogens is 1. The molecule has 1 aliphatic carbocycles. The van der Waals surface area contributed by atoms with E-state index in [1.54, 1.807) is 0 Å². The van der Waals surface area contributed by atoms with Crippen molar-refractivity contribution in [3.63, 3.8) is 0 Å². The molecule has 0 aliphatic heterocycles. The average Bonchev–Trinajstić information content (AvgIpc) is 2.13. The van der Waals surface area contributed by atoms with Gasteiger partial charge in [-0.05, 0) is 18.8 Å². The largest absolute Gasteiger partial charge is 0.327 e. The van der Waals surface area contributed by atoms with Crippen LogP contribution in [0, 0.1) is 5.92 Å². The van der Waals surface area contributed by atoms with Crippen molar-refractivity contribution in [1.29, 1.82) is 0 Å². The molecule has 0 spiro atoms. The Kier molecular flexibility index (Phi) is 3.71. The van der Waals surface area contributed by atoms with Crippen LogP contribution < -0.4 is 5.73 Å². The fourth-order valence-electron chi connectivity index (χ4n) is 1.60. The Bertz CT molecular complexity index is 95.3. The van der Waals surface area contributed by atoms with Gasteiger partial charge in [0.25, 0.3) is 0 Å². The molecule has 0 radical (unpaired) electrons. The molecule has 0 aromatic heterocycles. The first-order valence-electron chi connectivity index (χ1n) is 4.16. The number of rotatable bonds is 1. The van der Waals surface area contributed by atoms with Crippen molar-refractivity contribution in [2.24, 2.45) is 11.7 Å². The van der Waals surface area contributed by atoms with E-state index in [-0.39, 0.29) is 0 Å². The van der Waals surface area contributed by atoms with Crippen LogP contribution in [0.4, 0.5) is 0 Å². The molecule has 2 atom stereocenters. The highest BCUT2D eigenvalue weighted by molar-refractivity contribution is 9.09. The topological polar surface area (TPSA) is 26.0 Å². The number of nitrogens with two attached hydrogens (primary N) is 1. The van der Waals surface area contributed by atoms with Gasteiger partial charge in [-0.3, -0.25) is 0 Å². The quantitative estimate of drug-likeness (QED) is 0.517. The van der Waals surface area contributed by atoms with E-state index >= 15 is 0 Å². The molecule has 0 unspecified atom stereocenters. The second kappa shape index (κ2) is 4.35. The van der Waals surface area contributed by atoms with Crippen LogP contribution in [0.15, 0.2) is 0 Å². The maximum Gasteiger partial charge on any atom is 0.00751 e. The van der Waals surface area contributed by atoms with Crippen molar-refractivity contribution < 1.29 is 0 Å². The Morgan fingerprint density at radius 1 is 1.20 bits per heavy atom. The van der Waals surface area contributed by atoms with Gasteiger partial charge in [0.05, 0.1) is 0 Å². The minimum Gasteiger partial charge on any atom is -0.327 e. The first-order valence-corrected chi connectivity index (χ1v) is 5.28. The lowest BCUT2D eigenvalue weighted by molar-refractivity contribution is 0.441. The SMILES string of the molecule is N[C@@H]1CCCCC[C@H]1CBr. The molecule has 0 saturated heterocycles. The summed E-state index contributed by atoms with van der Waals surface area (Å²) in [5.74, 6) is 0.738. The van der Waals surface area contributed by atoms with Crippen LogP contribution in [-0.4, -0.2) is 11.4 Å². The Hall–Kier alpha value is 0.440. The highest BCUT2D eigenvalue weighted by atomic mass is 79.9. The molecular formula is C8H16BrN. The third-order valence-corrected chi connectivity index (χ3v) is 3.25. The molecule has 60 valence electrons. The molecule has 1 aliphatic rings. The van der Waals surface area contributed by atoms with Gasteiger partial charge in [0.15, 0.2) is 0 Å². The van der Waals surface area contributed by atoms with Crippen LogP contribution in [0.25, 0.3) is 0 Å². The van der Waals surface area contributed by atoms with Gasteiger partial charge in [-0.15, -0.1) is 0 Å². The molecule has 1 fully saturated rings. The maximum absolute atomic E-state index is 5.96. The molecule has 0 aromatic carbocycles. The Balaban J connectivity index is 2.35. The summed E-state index contributed by atoms with van der Waals surface area (Å²) in [5.41, 5.74) is 5.96. The van der Waals surface area contributed by atoms with Gasteiger partial charge in [-0.1, -0.05) is 35.2 Å². The van der Waals surface area contributed by atoms with Gasteiger partial charge < -0.3 is 5.73 Å². The van der Waals surface area contributed by atoms with Crippen LogP contribution in [0.3, 0.4) is 0 Å². The zero-order valence-corrected chi connectivity index (χ0v) is 7.94. The monoisotopic (exact) mass is 205 g/mol. The van der Waals surface area contributed by atoms with Crippen LogP contribution in [0.1, 0.15) is 32.1 Å². The van der Waals surface area contributed by atoms with Gasteiger partial charge >= 0.3 is 0 Å². The first kappa shape index (κ1) is 8.54. The second-order valence-electron chi connectivity index (χ2n) is 3.22. The second-order valence-corrected chi connectivity index (χ2v) is 3.86. The highest BCUT2D eigenvalue weighted by Gasteiger charge is 2.18. The van der Waals surface area contributed by atoms with Crippen molar-refractivity contribution in [2.45, 2.75) is 38.1 Å². The lowest BCUT2D eigenvalue weighted by atomic mass is 9.98. The summed E-state index contributed by atoms with van der Waals surface area (Å²) in [6, 6.07) is 0.460.